The molecule has 0 bridgehead atoms. The predicted octanol–water partition coefficient (Wildman–Crippen LogP) is 9.48. The number of alkyl halides is 18. The minimum Gasteiger partial charge on any atom is -0.466 e. The third-order valence-electron chi connectivity index (χ3n) is 5.47. The fraction of sp³-hybridized carbons (Fsp3) is 0.950. The molecule has 0 saturated carbocycles. The van der Waals surface area contributed by atoms with Crippen molar-refractivity contribution in [2.45, 2.75) is 110 Å². The van der Waals surface area contributed by atoms with E-state index in [4.69, 9.17) is 0 Å². The number of esters is 1. The van der Waals surface area contributed by atoms with Crippen molar-refractivity contribution in [1.82, 2.24) is 0 Å². The molecule has 0 fully saturated rings. The van der Waals surface area contributed by atoms with Gasteiger partial charge in [0.25, 0.3) is 0 Å². The molecule has 0 aliphatic rings. The van der Waals surface area contributed by atoms with E-state index in [2.05, 4.69) is 4.74 Å². The molecule has 0 spiro atoms. The molecule has 1 unspecified atom stereocenters. The van der Waals surface area contributed by atoms with E-state index in [1.807, 2.05) is 0 Å². The molecular formula is C20H22F17IO2. The second-order valence-corrected chi connectivity index (χ2v) is 10.3. The lowest BCUT2D eigenvalue weighted by Gasteiger charge is -2.43. The number of hydrogen-bond donors (Lipinski definition) is 0. The van der Waals surface area contributed by atoms with E-state index in [1.54, 1.807) is 6.92 Å². The van der Waals surface area contributed by atoms with Crippen LogP contribution in [0.2, 0.25) is 0 Å². The molecule has 20 heteroatoms. The topological polar surface area (TPSA) is 26.3 Å². The van der Waals surface area contributed by atoms with E-state index in [1.165, 1.54) is 0 Å². The zero-order chi connectivity index (χ0) is 32.2. The summed E-state index contributed by atoms with van der Waals surface area (Å²) in [6.07, 6.45) is -9.27. The van der Waals surface area contributed by atoms with Gasteiger partial charge in [-0.3, -0.25) is 4.79 Å². The van der Waals surface area contributed by atoms with Crippen LogP contribution < -0.4 is 0 Å². The fourth-order valence-corrected chi connectivity index (χ4v) is 4.10. The molecule has 1 atom stereocenters. The molecule has 0 amide bonds. The molecule has 0 aromatic heterocycles. The van der Waals surface area contributed by atoms with Crippen LogP contribution >= 0.6 is 22.6 Å². The first-order valence-corrected chi connectivity index (χ1v) is 12.4. The SMILES string of the molecule is CCOC(=O)CCCCCCCC(I)CC(F)(F)C(F)(F)C(F)(F)C(F)(F)C(F)(F)C(F)(F)C(F)(F)C(F)(F)F. The Balaban J connectivity index is 5.60. The molecule has 40 heavy (non-hydrogen) atoms. The van der Waals surface area contributed by atoms with Crippen molar-refractivity contribution in [2.24, 2.45) is 0 Å². The number of ether oxygens (including phenoxy) is 1. The van der Waals surface area contributed by atoms with Gasteiger partial charge in [0.1, 0.15) is 0 Å². The monoisotopic (exact) mass is 744 g/mol. The van der Waals surface area contributed by atoms with E-state index in [0.29, 0.717) is 19.3 Å². The van der Waals surface area contributed by atoms with E-state index >= 15 is 0 Å². The zero-order valence-electron chi connectivity index (χ0n) is 20.1. The maximum Gasteiger partial charge on any atom is 0.460 e. The second-order valence-electron chi connectivity index (χ2n) is 8.56. The molecule has 0 saturated heterocycles. The zero-order valence-corrected chi connectivity index (χ0v) is 22.2. The van der Waals surface area contributed by atoms with E-state index in [-0.39, 0.29) is 25.9 Å². The molecule has 0 radical (unpaired) electrons. The summed E-state index contributed by atoms with van der Waals surface area (Å²) in [5, 5.41) is 0. The summed E-state index contributed by atoms with van der Waals surface area (Å²) in [6, 6.07) is 0. The van der Waals surface area contributed by atoms with Gasteiger partial charge in [-0.25, -0.2) is 0 Å². The highest BCUT2D eigenvalue weighted by Crippen LogP contribution is 2.64. The number of carbonyl (C=O) groups excluding carboxylic acids is 1. The van der Waals surface area contributed by atoms with E-state index in [9.17, 15) is 79.4 Å². The minimum atomic E-state index is -8.61. The molecule has 0 aliphatic heterocycles. The number of hydrogen-bond acceptors (Lipinski definition) is 2. The molecular weight excluding hydrogens is 722 g/mol. The number of rotatable bonds is 17. The minimum absolute atomic E-state index is 0.0436. The smallest absolute Gasteiger partial charge is 0.460 e. The molecule has 240 valence electrons. The van der Waals surface area contributed by atoms with Gasteiger partial charge in [0.2, 0.25) is 0 Å². The standard InChI is InChI=1S/C20H22F17IO2/c1-2-40-12(39)9-7-5-3-4-6-8-11(38)10-13(21,22)14(23,24)15(25,26)16(27,28)17(29,30)18(31,32)19(33,34)20(35,36)37/h11H,2-10H2,1H3. The molecule has 0 rings (SSSR count). The normalized spacial score (nSPS) is 15.8. The fourth-order valence-electron chi connectivity index (χ4n) is 3.10. The van der Waals surface area contributed by atoms with Gasteiger partial charge in [0, 0.05) is 16.8 Å². The van der Waals surface area contributed by atoms with Crippen LogP contribution in [-0.4, -0.2) is 64.1 Å². The van der Waals surface area contributed by atoms with Crippen LogP contribution in [0, 0.1) is 0 Å². The Labute approximate surface area is 229 Å². The van der Waals surface area contributed by atoms with Crippen LogP contribution in [0.5, 0.6) is 0 Å². The Hall–Kier alpha value is -0.990. The van der Waals surface area contributed by atoms with Gasteiger partial charge >= 0.3 is 53.6 Å². The molecule has 0 aromatic rings. The molecule has 2 nitrogen and oxygen atoms in total. The Morgan fingerprint density at radius 1 is 0.600 bits per heavy atom. The van der Waals surface area contributed by atoms with Crippen molar-refractivity contribution in [3.8, 4) is 0 Å². The third kappa shape index (κ3) is 7.50. The average Bonchev–Trinajstić information content (AvgIpc) is 2.76. The van der Waals surface area contributed by atoms with Crippen LogP contribution in [0.25, 0.3) is 0 Å². The molecule has 0 heterocycles. The molecule has 0 N–H and O–H groups in total. The highest BCUT2D eigenvalue weighted by Gasteiger charge is 2.95. The van der Waals surface area contributed by atoms with Crippen LogP contribution in [0.15, 0.2) is 0 Å². The largest absolute Gasteiger partial charge is 0.466 e. The summed E-state index contributed by atoms with van der Waals surface area (Å²) in [5.41, 5.74) is 0. The van der Waals surface area contributed by atoms with Crippen LogP contribution in [0.1, 0.15) is 58.3 Å². The van der Waals surface area contributed by atoms with Crippen molar-refractivity contribution in [3.63, 3.8) is 0 Å². The van der Waals surface area contributed by atoms with E-state index in [0.717, 1.165) is 22.6 Å². The first kappa shape index (κ1) is 39.0. The summed E-state index contributed by atoms with van der Waals surface area (Å²) < 4.78 is 229. The molecule has 0 aromatic carbocycles. The quantitative estimate of drug-likeness (QED) is 0.0488. The second kappa shape index (κ2) is 13.1. The number of carbonyl (C=O) groups is 1. The van der Waals surface area contributed by atoms with Gasteiger partial charge < -0.3 is 4.74 Å². The summed E-state index contributed by atoms with van der Waals surface area (Å²) >= 11 is 0.991. The lowest BCUT2D eigenvalue weighted by atomic mass is 9.87. The van der Waals surface area contributed by atoms with Gasteiger partial charge in [-0.15, -0.1) is 0 Å². The third-order valence-corrected chi connectivity index (χ3v) is 6.53. The van der Waals surface area contributed by atoms with Crippen LogP contribution in [0.4, 0.5) is 74.6 Å². The summed E-state index contributed by atoms with van der Waals surface area (Å²) in [4.78, 5) is 11.1. The maximum atomic E-state index is 14.0. The first-order chi connectivity index (χ1) is 17.6. The lowest BCUT2D eigenvalue weighted by molar-refractivity contribution is -0.461. The van der Waals surface area contributed by atoms with Crippen molar-refractivity contribution in [2.75, 3.05) is 6.61 Å². The van der Waals surface area contributed by atoms with Gasteiger partial charge in [0.05, 0.1) is 6.61 Å². The number of unbranched alkanes of at least 4 members (excludes halogenated alkanes) is 4. The first-order valence-electron chi connectivity index (χ1n) is 11.1. The highest BCUT2D eigenvalue weighted by molar-refractivity contribution is 14.1. The maximum absolute atomic E-state index is 14.0. The van der Waals surface area contributed by atoms with Crippen LogP contribution in [-0.2, 0) is 9.53 Å². The highest BCUT2D eigenvalue weighted by atomic mass is 127. The van der Waals surface area contributed by atoms with Crippen molar-refractivity contribution < 1.29 is 84.2 Å². The van der Waals surface area contributed by atoms with Gasteiger partial charge in [-0.05, 0) is 19.8 Å². The predicted molar refractivity (Wildman–Crippen MR) is 112 cm³/mol. The van der Waals surface area contributed by atoms with Crippen LogP contribution in [0.3, 0.4) is 0 Å². The summed E-state index contributed by atoms with van der Waals surface area (Å²) in [7, 11) is 0. The van der Waals surface area contributed by atoms with Gasteiger partial charge in [-0.1, -0.05) is 48.3 Å². The van der Waals surface area contributed by atoms with Crippen molar-refractivity contribution >= 4 is 28.6 Å². The Bertz CT molecular complexity index is 826. The van der Waals surface area contributed by atoms with Crippen molar-refractivity contribution in [3.05, 3.63) is 0 Å². The van der Waals surface area contributed by atoms with E-state index < -0.39 is 70.4 Å². The number of halogens is 18. The summed E-state index contributed by atoms with van der Waals surface area (Å²) in [5.74, 6) is -56.6. The van der Waals surface area contributed by atoms with Gasteiger partial charge in [0.15, 0.2) is 0 Å². The Morgan fingerprint density at radius 3 is 1.40 bits per heavy atom. The lowest BCUT2D eigenvalue weighted by Crippen LogP contribution is -2.74. The molecule has 0 aliphatic carbocycles. The van der Waals surface area contributed by atoms with Gasteiger partial charge in [-0.2, -0.15) is 74.6 Å². The Morgan fingerprint density at radius 2 is 0.975 bits per heavy atom. The average molecular weight is 744 g/mol. The van der Waals surface area contributed by atoms with Crippen molar-refractivity contribution in [1.29, 1.82) is 0 Å². The summed E-state index contributed by atoms with van der Waals surface area (Å²) in [6.45, 7) is 1.71. The Kier molecular flexibility index (Phi) is 12.8.